The van der Waals surface area contributed by atoms with Gasteiger partial charge in [0.2, 0.25) is 0 Å². The van der Waals surface area contributed by atoms with E-state index in [9.17, 15) is 25.2 Å². The van der Waals surface area contributed by atoms with Crippen LogP contribution in [0, 0.1) is 29.6 Å². The van der Waals surface area contributed by atoms with Crippen LogP contribution in [0.1, 0.15) is 88.5 Å². The van der Waals surface area contributed by atoms with Gasteiger partial charge in [-0.1, -0.05) is 39.8 Å². The number of oxime groups is 1. The first-order valence-electron chi connectivity index (χ1n) is 16.9. The van der Waals surface area contributed by atoms with Gasteiger partial charge in [0, 0.05) is 31.9 Å². The second-order valence-corrected chi connectivity index (χ2v) is 14.9. The van der Waals surface area contributed by atoms with Gasteiger partial charge in [-0.05, 0) is 73.4 Å². The molecule has 14 atom stereocenters. The van der Waals surface area contributed by atoms with E-state index in [1.54, 1.807) is 41.5 Å². The van der Waals surface area contributed by atoms with E-state index >= 15 is 0 Å². The van der Waals surface area contributed by atoms with Crippen molar-refractivity contribution in [3.05, 3.63) is 0 Å². The zero-order valence-corrected chi connectivity index (χ0v) is 30.5. The predicted octanol–water partition coefficient (Wildman–Crippen LogP) is 2.98. The zero-order chi connectivity index (χ0) is 35.4. The van der Waals surface area contributed by atoms with Gasteiger partial charge in [-0.25, -0.2) is 0 Å². The topological polar surface area (TPSA) is 160 Å². The van der Waals surface area contributed by atoms with Crippen molar-refractivity contribution in [2.75, 3.05) is 34.4 Å². The van der Waals surface area contributed by atoms with E-state index in [1.807, 2.05) is 39.8 Å². The third-order valence-corrected chi connectivity index (χ3v) is 10.8. The summed E-state index contributed by atoms with van der Waals surface area (Å²) in [6.07, 6.45) is -4.76. The number of likely N-dealkylation sites (N-methyl/N-ethyl adjacent to an activating group) is 1. The van der Waals surface area contributed by atoms with Crippen LogP contribution in [0.5, 0.6) is 0 Å². The van der Waals surface area contributed by atoms with E-state index < -0.39 is 71.4 Å². The number of ether oxygens (including phenoxy) is 4. The number of aliphatic hydroxyl groups is 4. The molecule has 0 bridgehead atoms. The summed E-state index contributed by atoms with van der Waals surface area (Å²) < 4.78 is 24.3. The Morgan fingerprint density at radius 1 is 0.978 bits per heavy atom. The monoisotopic (exact) mass is 660 g/mol. The van der Waals surface area contributed by atoms with Crippen molar-refractivity contribution in [2.45, 2.75) is 142 Å². The second kappa shape index (κ2) is 16.3. The standard InChI is InChI=1S/C34H64N2O10/c1-14-25-34(10,41)29(37)21(4)27(35-43-16-15-36(11)12)19(2)17-32(8,40)23(6)20(3)28(22(5)31(39)45-25)46-26-18-33(9,42-13)30(38)24(7)44-26/h19-26,28-30,37-38,40-41H,14-18H2,1-13H3/b35-27+/t19-,20-,21+,22-,23-,24+,25-,26+,28+,29+,30+,32-,33-,34-/m1/s1. The van der Waals surface area contributed by atoms with Crippen LogP contribution >= 0.6 is 0 Å². The molecular weight excluding hydrogens is 596 g/mol. The molecular formula is C34H64N2O10. The summed E-state index contributed by atoms with van der Waals surface area (Å²) in [6.45, 7) is 18.7. The Kier molecular flexibility index (Phi) is 14.5. The number of hydrogen-bond donors (Lipinski definition) is 4. The summed E-state index contributed by atoms with van der Waals surface area (Å²) in [6, 6.07) is 0. The molecule has 0 aromatic rings. The maximum Gasteiger partial charge on any atom is 0.311 e. The lowest BCUT2D eigenvalue weighted by Crippen LogP contribution is -2.58. The number of carbonyl (C=O) groups excluding carboxylic acids is 1. The lowest BCUT2D eigenvalue weighted by Gasteiger charge is -2.47. The van der Waals surface area contributed by atoms with Crippen molar-refractivity contribution in [1.82, 2.24) is 4.90 Å². The third kappa shape index (κ3) is 9.40. The molecule has 2 aliphatic heterocycles. The van der Waals surface area contributed by atoms with E-state index in [4.69, 9.17) is 23.8 Å². The van der Waals surface area contributed by atoms with Gasteiger partial charge in [0.15, 0.2) is 6.29 Å². The minimum absolute atomic E-state index is 0.214. The number of carbonyl (C=O) groups is 1. The van der Waals surface area contributed by atoms with Crippen molar-refractivity contribution in [3.63, 3.8) is 0 Å². The van der Waals surface area contributed by atoms with Crippen LogP contribution < -0.4 is 0 Å². The van der Waals surface area contributed by atoms with Gasteiger partial charge < -0.3 is 49.1 Å². The molecule has 0 radical (unpaired) electrons. The summed E-state index contributed by atoms with van der Waals surface area (Å²) in [5.41, 5.74) is -3.55. The lowest BCUT2D eigenvalue weighted by atomic mass is 9.70. The van der Waals surface area contributed by atoms with Gasteiger partial charge in [0.1, 0.15) is 24.4 Å². The van der Waals surface area contributed by atoms with Crippen LogP contribution in [-0.4, -0.2) is 125 Å². The van der Waals surface area contributed by atoms with E-state index in [0.717, 1.165) is 0 Å². The molecule has 0 aliphatic carbocycles. The fourth-order valence-corrected chi connectivity index (χ4v) is 7.05. The fourth-order valence-electron chi connectivity index (χ4n) is 7.05. The van der Waals surface area contributed by atoms with Crippen molar-refractivity contribution in [2.24, 2.45) is 34.7 Å². The third-order valence-electron chi connectivity index (χ3n) is 10.8. The molecule has 2 rings (SSSR count). The average molecular weight is 661 g/mol. The molecule has 0 aromatic heterocycles. The molecule has 2 aliphatic rings. The Morgan fingerprint density at radius 3 is 2.13 bits per heavy atom. The first-order valence-corrected chi connectivity index (χ1v) is 16.9. The van der Waals surface area contributed by atoms with Crippen molar-refractivity contribution in [1.29, 1.82) is 0 Å². The number of cyclic esters (lactones) is 1. The first-order chi connectivity index (χ1) is 21.1. The summed E-state index contributed by atoms with van der Waals surface area (Å²) >= 11 is 0. The van der Waals surface area contributed by atoms with Crippen LogP contribution in [0.4, 0.5) is 0 Å². The Morgan fingerprint density at radius 2 is 1.59 bits per heavy atom. The van der Waals surface area contributed by atoms with Crippen molar-refractivity contribution < 1.29 is 49.0 Å². The molecule has 0 spiro atoms. The Labute approximate surface area is 276 Å². The summed E-state index contributed by atoms with van der Waals surface area (Å²) in [7, 11) is 5.38. The van der Waals surface area contributed by atoms with Gasteiger partial charge in [-0.2, -0.15) is 0 Å². The van der Waals surface area contributed by atoms with Gasteiger partial charge in [-0.15, -0.1) is 0 Å². The highest BCUT2D eigenvalue weighted by atomic mass is 16.7. The van der Waals surface area contributed by atoms with Crippen LogP contribution in [0.25, 0.3) is 0 Å². The molecule has 12 heteroatoms. The molecule has 0 aromatic carbocycles. The van der Waals surface area contributed by atoms with Crippen molar-refractivity contribution in [3.8, 4) is 0 Å². The maximum absolute atomic E-state index is 13.8. The number of hydrogen-bond acceptors (Lipinski definition) is 12. The van der Waals surface area contributed by atoms with Crippen LogP contribution in [0.15, 0.2) is 5.16 Å². The molecule has 0 amide bonds. The number of rotatable bonds is 8. The van der Waals surface area contributed by atoms with Crippen LogP contribution in [0.3, 0.4) is 0 Å². The normalized spacial score (nSPS) is 46.2. The summed E-state index contributed by atoms with van der Waals surface area (Å²) in [5.74, 6) is -3.26. The lowest BCUT2D eigenvalue weighted by molar-refractivity contribution is -0.298. The van der Waals surface area contributed by atoms with Gasteiger partial charge in [0.05, 0.1) is 41.1 Å². The minimum Gasteiger partial charge on any atom is -0.459 e. The van der Waals surface area contributed by atoms with E-state index in [2.05, 4.69) is 5.16 Å². The first kappa shape index (κ1) is 40.8. The van der Waals surface area contributed by atoms with Gasteiger partial charge in [-0.3, -0.25) is 4.79 Å². The zero-order valence-electron chi connectivity index (χ0n) is 30.5. The van der Waals surface area contributed by atoms with Gasteiger partial charge >= 0.3 is 5.97 Å². The predicted molar refractivity (Wildman–Crippen MR) is 175 cm³/mol. The van der Waals surface area contributed by atoms with Crippen LogP contribution in [0.2, 0.25) is 0 Å². The van der Waals surface area contributed by atoms with Crippen LogP contribution in [-0.2, 0) is 28.6 Å². The molecule has 12 nitrogen and oxygen atoms in total. The Hall–Kier alpha value is -1.38. The molecule has 2 saturated heterocycles. The Balaban J connectivity index is 2.59. The SMILES string of the molecule is CC[C@H]1OC(=O)[C@H](C)[C@@H](O[C@H]2C[C@@](C)(OC)[C@@H](O)[C@H](C)O2)[C@H](C)[C@@H](C)[C@](C)(O)C[C@@H](C)/C(=N\OCCN(C)C)[C@H](C)[C@H](O)[C@]1(C)O. The Bertz CT molecular complexity index is 1010. The van der Waals surface area contributed by atoms with E-state index in [-0.39, 0.29) is 37.0 Å². The fraction of sp³-hybridized carbons (Fsp3) is 0.941. The number of nitrogens with zero attached hydrogens (tertiary/aromatic N) is 2. The number of methoxy groups -OCH3 is 1. The number of esters is 1. The maximum atomic E-state index is 13.8. The molecule has 0 unspecified atom stereocenters. The smallest absolute Gasteiger partial charge is 0.311 e. The molecule has 270 valence electrons. The largest absolute Gasteiger partial charge is 0.459 e. The summed E-state index contributed by atoms with van der Waals surface area (Å²) in [5, 5.41) is 50.5. The van der Waals surface area contributed by atoms with E-state index in [0.29, 0.717) is 18.9 Å². The molecule has 4 N–H and O–H groups in total. The van der Waals surface area contributed by atoms with E-state index in [1.165, 1.54) is 14.0 Å². The number of aliphatic hydroxyl groups excluding tert-OH is 2. The average Bonchev–Trinajstić information content (AvgIpc) is 2.98. The highest BCUT2D eigenvalue weighted by molar-refractivity contribution is 5.88. The quantitative estimate of drug-likeness (QED) is 0.172. The summed E-state index contributed by atoms with van der Waals surface area (Å²) in [4.78, 5) is 21.5. The molecule has 2 heterocycles. The molecule has 46 heavy (non-hydrogen) atoms. The van der Waals surface area contributed by atoms with Gasteiger partial charge in [0.25, 0.3) is 0 Å². The molecule has 0 saturated carbocycles. The minimum atomic E-state index is -1.84. The highest BCUT2D eigenvalue weighted by Gasteiger charge is 2.51. The molecule has 2 fully saturated rings. The second-order valence-electron chi connectivity index (χ2n) is 14.9. The van der Waals surface area contributed by atoms with Crippen molar-refractivity contribution >= 4 is 11.7 Å². The highest BCUT2D eigenvalue weighted by Crippen LogP contribution is 2.40.